The zero-order valence-corrected chi connectivity index (χ0v) is 16.8. The van der Waals surface area contributed by atoms with Gasteiger partial charge in [0.25, 0.3) is 0 Å². The molecule has 0 aromatic heterocycles. The van der Waals surface area contributed by atoms with Crippen LogP contribution >= 0.6 is 11.8 Å². The standard InChI is InChI=1S/C21H32N2O2S/c1-3-5-9-18(4-2)17-25-21(24)12-13-26-20(14-22)16-23-15-19-10-7-6-8-11-19/h6-8,10-11,14,16,18H,3-5,9,12-13,15,17,22H2,1-2H3. The Hall–Kier alpha value is -1.75. The van der Waals surface area contributed by atoms with Gasteiger partial charge in [0, 0.05) is 23.1 Å². The third-order valence-electron chi connectivity index (χ3n) is 4.10. The van der Waals surface area contributed by atoms with Crippen molar-refractivity contribution in [3.05, 3.63) is 47.0 Å². The van der Waals surface area contributed by atoms with Crippen molar-refractivity contribution >= 4 is 23.9 Å². The van der Waals surface area contributed by atoms with E-state index in [-0.39, 0.29) is 5.97 Å². The highest BCUT2D eigenvalue weighted by Crippen LogP contribution is 2.16. The molecule has 1 aromatic rings. The summed E-state index contributed by atoms with van der Waals surface area (Å²) in [6.07, 6.45) is 8.24. The van der Waals surface area contributed by atoms with Crippen LogP contribution in [-0.4, -0.2) is 24.5 Å². The number of rotatable bonds is 13. The highest BCUT2D eigenvalue weighted by molar-refractivity contribution is 8.03. The van der Waals surface area contributed by atoms with E-state index in [2.05, 4.69) is 18.8 Å². The molecular formula is C21H32N2O2S. The van der Waals surface area contributed by atoms with Crippen molar-refractivity contribution in [2.45, 2.75) is 52.5 Å². The second-order valence-electron chi connectivity index (χ2n) is 6.22. The van der Waals surface area contributed by atoms with Crippen molar-refractivity contribution in [2.75, 3.05) is 12.4 Å². The van der Waals surface area contributed by atoms with E-state index in [9.17, 15) is 4.79 Å². The predicted octanol–water partition coefficient (Wildman–Crippen LogP) is 4.94. The monoisotopic (exact) mass is 376 g/mol. The highest BCUT2D eigenvalue weighted by atomic mass is 32.2. The van der Waals surface area contributed by atoms with E-state index in [1.54, 1.807) is 6.21 Å². The molecule has 1 aromatic carbocycles. The number of nitrogens with two attached hydrogens (primary N) is 1. The summed E-state index contributed by atoms with van der Waals surface area (Å²) < 4.78 is 5.41. The van der Waals surface area contributed by atoms with Crippen LogP contribution in [0.5, 0.6) is 0 Å². The molecule has 1 atom stereocenters. The topological polar surface area (TPSA) is 64.7 Å². The van der Waals surface area contributed by atoms with Gasteiger partial charge in [-0.3, -0.25) is 9.79 Å². The van der Waals surface area contributed by atoms with Gasteiger partial charge in [-0.2, -0.15) is 0 Å². The molecule has 0 fully saturated rings. The van der Waals surface area contributed by atoms with Crippen LogP contribution in [0.3, 0.4) is 0 Å². The number of ether oxygens (including phenoxy) is 1. The zero-order chi connectivity index (χ0) is 19.0. The van der Waals surface area contributed by atoms with Crippen LogP contribution < -0.4 is 5.73 Å². The van der Waals surface area contributed by atoms with E-state index in [1.807, 2.05) is 30.3 Å². The Morgan fingerprint density at radius 2 is 2.08 bits per heavy atom. The number of carbonyl (C=O) groups excluding carboxylic acids is 1. The average molecular weight is 377 g/mol. The molecule has 0 aliphatic carbocycles. The van der Waals surface area contributed by atoms with Crippen LogP contribution in [0.4, 0.5) is 0 Å². The molecule has 0 aliphatic rings. The molecule has 26 heavy (non-hydrogen) atoms. The lowest BCUT2D eigenvalue weighted by Gasteiger charge is -2.14. The maximum absolute atomic E-state index is 11.9. The van der Waals surface area contributed by atoms with Gasteiger partial charge in [0.1, 0.15) is 0 Å². The van der Waals surface area contributed by atoms with E-state index in [4.69, 9.17) is 10.5 Å². The van der Waals surface area contributed by atoms with E-state index >= 15 is 0 Å². The number of thioether (sulfide) groups is 1. The summed E-state index contributed by atoms with van der Waals surface area (Å²) in [5.74, 6) is 0.992. The van der Waals surface area contributed by atoms with E-state index in [1.165, 1.54) is 30.8 Å². The summed E-state index contributed by atoms with van der Waals surface area (Å²) in [6.45, 7) is 5.49. The van der Waals surface area contributed by atoms with Crippen molar-refractivity contribution in [1.29, 1.82) is 0 Å². The number of unbranched alkanes of at least 4 members (excludes halogenated alkanes) is 1. The van der Waals surface area contributed by atoms with Crippen molar-refractivity contribution < 1.29 is 9.53 Å². The summed E-state index contributed by atoms with van der Waals surface area (Å²) in [6, 6.07) is 10.1. The van der Waals surface area contributed by atoms with Gasteiger partial charge in [-0.05, 0) is 17.9 Å². The normalized spacial score (nSPS) is 13.1. The molecular weight excluding hydrogens is 344 g/mol. The van der Waals surface area contributed by atoms with Gasteiger partial charge in [0.2, 0.25) is 0 Å². The molecule has 1 unspecified atom stereocenters. The quantitative estimate of drug-likeness (QED) is 0.391. The molecule has 0 saturated carbocycles. The summed E-state index contributed by atoms with van der Waals surface area (Å²) >= 11 is 1.52. The minimum absolute atomic E-state index is 0.134. The maximum Gasteiger partial charge on any atom is 0.306 e. The third kappa shape index (κ3) is 10.3. The molecule has 0 heterocycles. The third-order valence-corrected chi connectivity index (χ3v) is 5.08. The molecule has 0 aliphatic heterocycles. The van der Waals surface area contributed by atoms with Crippen molar-refractivity contribution in [3.8, 4) is 0 Å². The first-order valence-corrected chi connectivity index (χ1v) is 10.4. The van der Waals surface area contributed by atoms with Crippen LogP contribution in [0, 0.1) is 5.92 Å². The molecule has 4 nitrogen and oxygen atoms in total. The molecule has 144 valence electrons. The van der Waals surface area contributed by atoms with E-state index in [0.29, 0.717) is 31.2 Å². The van der Waals surface area contributed by atoms with Gasteiger partial charge in [-0.15, -0.1) is 11.8 Å². The smallest absolute Gasteiger partial charge is 0.306 e. The Labute approximate surface area is 162 Å². The lowest BCUT2D eigenvalue weighted by Crippen LogP contribution is -2.14. The molecule has 5 heteroatoms. The van der Waals surface area contributed by atoms with Gasteiger partial charge in [-0.25, -0.2) is 0 Å². The van der Waals surface area contributed by atoms with Gasteiger partial charge >= 0.3 is 5.97 Å². The summed E-state index contributed by atoms with van der Waals surface area (Å²) in [5, 5.41) is 0. The molecule has 0 spiro atoms. The molecule has 1 rings (SSSR count). The van der Waals surface area contributed by atoms with Crippen LogP contribution in [-0.2, 0) is 16.1 Å². The molecule has 2 N–H and O–H groups in total. The van der Waals surface area contributed by atoms with Crippen LogP contribution in [0.15, 0.2) is 46.4 Å². The Morgan fingerprint density at radius 3 is 2.73 bits per heavy atom. The number of hydrogen-bond donors (Lipinski definition) is 1. The van der Waals surface area contributed by atoms with Gasteiger partial charge in [0.15, 0.2) is 0 Å². The highest BCUT2D eigenvalue weighted by Gasteiger charge is 2.10. The largest absolute Gasteiger partial charge is 0.465 e. The first-order chi connectivity index (χ1) is 12.7. The summed E-state index contributed by atoms with van der Waals surface area (Å²) in [5.41, 5.74) is 6.80. The lowest BCUT2D eigenvalue weighted by atomic mass is 10.0. The first-order valence-electron chi connectivity index (χ1n) is 9.43. The fourth-order valence-electron chi connectivity index (χ4n) is 2.39. The second-order valence-corrected chi connectivity index (χ2v) is 7.39. The lowest BCUT2D eigenvalue weighted by molar-refractivity contribution is -0.144. The van der Waals surface area contributed by atoms with Gasteiger partial charge in [-0.1, -0.05) is 63.4 Å². The van der Waals surface area contributed by atoms with Crippen molar-refractivity contribution in [3.63, 3.8) is 0 Å². The zero-order valence-electron chi connectivity index (χ0n) is 16.0. The SMILES string of the molecule is CCCCC(CC)COC(=O)CCSC(C=NCc1ccccc1)=CN. The van der Waals surface area contributed by atoms with Crippen LogP contribution in [0.25, 0.3) is 0 Å². The number of aliphatic imine (C=N–C) groups is 1. The van der Waals surface area contributed by atoms with Crippen molar-refractivity contribution in [2.24, 2.45) is 16.6 Å². The van der Waals surface area contributed by atoms with Crippen molar-refractivity contribution in [1.82, 2.24) is 0 Å². The van der Waals surface area contributed by atoms with Crippen LogP contribution in [0.1, 0.15) is 51.5 Å². The fraction of sp³-hybridized carbons (Fsp3) is 0.524. The first kappa shape index (κ1) is 22.3. The van der Waals surface area contributed by atoms with E-state index in [0.717, 1.165) is 23.3 Å². The fourth-order valence-corrected chi connectivity index (χ4v) is 3.14. The van der Waals surface area contributed by atoms with Gasteiger partial charge < -0.3 is 10.5 Å². The Balaban J connectivity index is 2.23. The van der Waals surface area contributed by atoms with E-state index < -0.39 is 0 Å². The number of benzene rings is 1. The average Bonchev–Trinajstić information content (AvgIpc) is 2.67. The van der Waals surface area contributed by atoms with Crippen LogP contribution in [0.2, 0.25) is 0 Å². The number of nitrogens with zero attached hydrogens (tertiary/aromatic N) is 1. The Morgan fingerprint density at radius 1 is 1.31 bits per heavy atom. The minimum atomic E-state index is -0.134. The minimum Gasteiger partial charge on any atom is -0.465 e. The molecule has 0 amide bonds. The van der Waals surface area contributed by atoms with Gasteiger partial charge in [0.05, 0.1) is 19.6 Å². The number of allylic oxidation sites excluding steroid dienone is 1. The molecule has 0 bridgehead atoms. The summed E-state index contributed by atoms with van der Waals surface area (Å²) in [7, 11) is 0. The molecule has 0 radical (unpaired) electrons. The number of esters is 1. The maximum atomic E-state index is 11.9. The Kier molecular flexibility index (Phi) is 12.4. The number of hydrogen-bond acceptors (Lipinski definition) is 5. The summed E-state index contributed by atoms with van der Waals surface area (Å²) in [4.78, 5) is 17.1. The number of carbonyl (C=O) groups is 1. The second kappa shape index (κ2) is 14.4. The predicted molar refractivity (Wildman–Crippen MR) is 112 cm³/mol. The molecule has 0 saturated heterocycles. The Bertz CT molecular complexity index is 558.